The highest BCUT2D eigenvalue weighted by atomic mass is 19.2. The fraction of sp³-hybridized carbons (Fsp3) is 0.214. The van der Waals surface area contributed by atoms with E-state index < -0.39 is 46.2 Å². The van der Waals surface area contributed by atoms with Crippen molar-refractivity contribution >= 4 is 18.2 Å². The number of ketones is 1. The zero-order valence-electron chi connectivity index (χ0n) is 12.5. The molecule has 0 fully saturated rings. The molecule has 1 amide bonds. The summed E-state index contributed by atoms with van der Waals surface area (Å²) in [5, 5.41) is 0.786. The van der Waals surface area contributed by atoms with E-state index in [4.69, 9.17) is 0 Å². The van der Waals surface area contributed by atoms with E-state index in [0.717, 1.165) is 5.01 Å². The number of Topliss-reactive ketones (excluding diaryl/α,β-unsaturated/α-hetero) is 1. The van der Waals surface area contributed by atoms with Crippen LogP contribution < -0.4 is 5.43 Å². The van der Waals surface area contributed by atoms with E-state index in [0.29, 0.717) is 6.20 Å². The SMILES string of the molecule is CCOC(=O)C(=CNN(C)C=O)C(=O)c1cc(F)c(F)c(F)c1F. The molecule has 0 aromatic heterocycles. The summed E-state index contributed by atoms with van der Waals surface area (Å²) in [5.41, 5.74) is 0.121. The molecule has 0 atom stereocenters. The first-order chi connectivity index (χ1) is 11.2. The van der Waals surface area contributed by atoms with Crippen molar-refractivity contribution in [3.05, 3.63) is 46.7 Å². The summed E-state index contributed by atoms with van der Waals surface area (Å²) in [7, 11) is 1.22. The lowest BCUT2D eigenvalue weighted by molar-refractivity contribution is -0.138. The number of esters is 1. The normalized spacial score (nSPS) is 11.0. The van der Waals surface area contributed by atoms with Crippen LogP contribution in [0, 0.1) is 23.3 Å². The van der Waals surface area contributed by atoms with Gasteiger partial charge in [-0.3, -0.25) is 14.6 Å². The van der Waals surface area contributed by atoms with Crippen molar-refractivity contribution in [1.29, 1.82) is 0 Å². The van der Waals surface area contributed by atoms with Gasteiger partial charge in [0, 0.05) is 13.2 Å². The van der Waals surface area contributed by atoms with Crippen molar-refractivity contribution in [2.45, 2.75) is 6.92 Å². The van der Waals surface area contributed by atoms with Crippen LogP contribution in [0.5, 0.6) is 0 Å². The number of hydrogen-bond acceptors (Lipinski definition) is 5. The average Bonchev–Trinajstić information content (AvgIpc) is 2.56. The fourth-order valence-electron chi connectivity index (χ4n) is 1.51. The molecule has 0 aliphatic heterocycles. The van der Waals surface area contributed by atoms with Gasteiger partial charge in [-0.1, -0.05) is 0 Å². The number of halogens is 4. The first-order valence-electron chi connectivity index (χ1n) is 6.43. The van der Waals surface area contributed by atoms with Gasteiger partial charge in [0.25, 0.3) is 0 Å². The van der Waals surface area contributed by atoms with Crippen molar-refractivity contribution in [3.63, 3.8) is 0 Å². The molecule has 1 aromatic rings. The van der Waals surface area contributed by atoms with E-state index >= 15 is 0 Å². The monoisotopic (exact) mass is 348 g/mol. The predicted octanol–water partition coefficient (Wildman–Crippen LogP) is 1.47. The van der Waals surface area contributed by atoms with E-state index in [-0.39, 0.29) is 19.1 Å². The molecule has 0 unspecified atom stereocenters. The summed E-state index contributed by atoms with van der Waals surface area (Å²) in [5.74, 6) is -10.8. The minimum absolute atomic E-state index is 0.118. The van der Waals surface area contributed by atoms with Gasteiger partial charge in [-0.2, -0.15) is 0 Å². The fourth-order valence-corrected chi connectivity index (χ4v) is 1.51. The third-order valence-corrected chi connectivity index (χ3v) is 2.66. The molecule has 0 radical (unpaired) electrons. The van der Waals surface area contributed by atoms with E-state index in [1.165, 1.54) is 14.0 Å². The highest BCUT2D eigenvalue weighted by molar-refractivity contribution is 6.24. The number of nitrogens with one attached hydrogen (secondary N) is 1. The molecule has 0 aliphatic carbocycles. The van der Waals surface area contributed by atoms with E-state index in [1.54, 1.807) is 0 Å². The Hall–Kier alpha value is -2.91. The summed E-state index contributed by atoms with van der Waals surface area (Å²) < 4.78 is 57.7. The highest BCUT2D eigenvalue weighted by Crippen LogP contribution is 2.21. The molecule has 0 saturated carbocycles. The van der Waals surface area contributed by atoms with Gasteiger partial charge in [0.05, 0.1) is 12.2 Å². The molecule has 10 heteroatoms. The van der Waals surface area contributed by atoms with Crippen LogP contribution in [0.4, 0.5) is 17.6 Å². The number of amides is 1. The van der Waals surface area contributed by atoms with Crippen molar-refractivity contribution in [1.82, 2.24) is 10.4 Å². The molecule has 0 heterocycles. The van der Waals surface area contributed by atoms with Crippen molar-refractivity contribution < 1.29 is 36.7 Å². The van der Waals surface area contributed by atoms with Crippen LogP contribution in [0.1, 0.15) is 17.3 Å². The Bertz CT molecular complexity index is 707. The zero-order valence-corrected chi connectivity index (χ0v) is 12.5. The van der Waals surface area contributed by atoms with Gasteiger partial charge in [0.1, 0.15) is 5.57 Å². The standard InChI is InChI=1S/C14H12F4N2O4/c1-3-24-14(23)8(5-19-20(2)6-21)13(22)7-4-9(15)11(17)12(18)10(7)16/h4-6,19H,3H2,1-2H3. The van der Waals surface area contributed by atoms with Gasteiger partial charge in [-0.25, -0.2) is 22.4 Å². The van der Waals surface area contributed by atoms with Crippen LogP contribution >= 0.6 is 0 Å². The van der Waals surface area contributed by atoms with E-state index in [9.17, 15) is 31.9 Å². The maximum Gasteiger partial charge on any atom is 0.343 e. The topological polar surface area (TPSA) is 75.7 Å². The average molecular weight is 348 g/mol. The molecule has 1 rings (SSSR count). The van der Waals surface area contributed by atoms with Gasteiger partial charge < -0.3 is 10.2 Å². The first kappa shape index (κ1) is 19.1. The summed E-state index contributed by atoms with van der Waals surface area (Å²) in [6.07, 6.45) is 0.967. The van der Waals surface area contributed by atoms with Crippen molar-refractivity contribution in [2.24, 2.45) is 0 Å². The molecule has 0 saturated heterocycles. The van der Waals surface area contributed by atoms with E-state index in [1.807, 2.05) is 0 Å². The maximum absolute atomic E-state index is 13.7. The largest absolute Gasteiger partial charge is 0.462 e. The summed E-state index contributed by atoms with van der Waals surface area (Å²) in [6.45, 7) is 1.27. The minimum atomic E-state index is -2.19. The van der Waals surface area contributed by atoms with Gasteiger partial charge in [0.2, 0.25) is 12.2 Å². The third kappa shape index (κ3) is 4.09. The Balaban J connectivity index is 3.36. The molecule has 24 heavy (non-hydrogen) atoms. The first-order valence-corrected chi connectivity index (χ1v) is 6.43. The molecular weight excluding hydrogens is 336 g/mol. The van der Waals surface area contributed by atoms with Crippen LogP contribution in [0.2, 0.25) is 0 Å². The molecule has 1 N–H and O–H groups in total. The molecule has 0 spiro atoms. The van der Waals surface area contributed by atoms with Crippen LogP contribution in [-0.4, -0.2) is 36.8 Å². The lowest BCUT2D eigenvalue weighted by Crippen LogP contribution is -2.30. The Kier molecular flexibility index (Phi) is 6.45. The second-order valence-corrected chi connectivity index (χ2v) is 4.30. The number of carbonyl (C=O) groups excluding carboxylic acids is 3. The number of ether oxygens (including phenoxy) is 1. The zero-order chi connectivity index (χ0) is 18.4. The second kappa shape index (κ2) is 8.09. The molecule has 0 bridgehead atoms. The second-order valence-electron chi connectivity index (χ2n) is 4.30. The van der Waals surface area contributed by atoms with Crippen LogP contribution in [0.15, 0.2) is 17.8 Å². The Morgan fingerprint density at radius 2 is 1.83 bits per heavy atom. The van der Waals surface area contributed by atoms with Gasteiger partial charge in [-0.15, -0.1) is 0 Å². The summed E-state index contributed by atoms with van der Waals surface area (Å²) in [6, 6.07) is 0.118. The molecule has 130 valence electrons. The molecular formula is C14H12F4N2O4. The van der Waals surface area contributed by atoms with Gasteiger partial charge in [0.15, 0.2) is 23.3 Å². The van der Waals surface area contributed by atoms with E-state index in [2.05, 4.69) is 10.2 Å². The lowest BCUT2D eigenvalue weighted by atomic mass is 10.0. The molecule has 1 aromatic carbocycles. The van der Waals surface area contributed by atoms with Crippen molar-refractivity contribution in [2.75, 3.05) is 13.7 Å². The summed E-state index contributed by atoms with van der Waals surface area (Å²) in [4.78, 5) is 34.4. The number of hydrogen-bond donors (Lipinski definition) is 1. The quantitative estimate of drug-likeness (QED) is 0.0772. The van der Waals surface area contributed by atoms with Crippen molar-refractivity contribution in [3.8, 4) is 0 Å². The minimum Gasteiger partial charge on any atom is -0.462 e. The molecule has 6 nitrogen and oxygen atoms in total. The number of hydrazine groups is 1. The predicted molar refractivity (Wildman–Crippen MR) is 72.3 cm³/mol. The Labute approximate surface area is 133 Å². The Morgan fingerprint density at radius 3 is 2.38 bits per heavy atom. The maximum atomic E-state index is 13.7. The molecule has 0 aliphatic rings. The smallest absolute Gasteiger partial charge is 0.343 e. The number of carbonyl (C=O) groups is 3. The highest BCUT2D eigenvalue weighted by Gasteiger charge is 2.28. The summed E-state index contributed by atoms with van der Waals surface area (Å²) >= 11 is 0. The van der Waals surface area contributed by atoms with Crippen LogP contribution in [0.3, 0.4) is 0 Å². The van der Waals surface area contributed by atoms with Gasteiger partial charge >= 0.3 is 5.97 Å². The number of nitrogens with zero attached hydrogens (tertiary/aromatic N) is 1. The number of rotatable bonds is 7. The van der Waals surface area contributed by atoms with Crippen LogP contribution in [0.25, 0.3) is 0 Å². The lowest BCUT2D eigenvalue weighted by Gasteiger charge is -2.12. The number of benzene rings is 1. The van der Waals surface area contributed by atoms with Gasteiger partial charge in [-0.05, 0) is 13.0 Å². The third-order valence-electron chi connectivity index (χ3n) is 2.66. The van der Waals surface area contributed by atoms with Crippen LogP contribution in [-0.2, 0) is 14.3 Å². The Morgan fingerprint density at radius 1 is 1.21 bits per heavy atom.